The molecule has 0 amide bonds. The van der Waals surface area contributed by atoms with Crippen LogP contribution < -0.4 is 0 Å². The molecule has 0 spiro atoms. The van der Waals surface area contributed by atoms with Crippen LogP contribution in [0.2, 0.25) is 0 Å². The summed E-state index contributed by atoms with van der Waals surface area (Å²) in [6.07, 6.45) is 0. The van der Waals surface area contributed by atoms with Crippen LogP contribution in [0.4, 0.5) is 0 Å². The van der Waals surface area contributed by atoms with Gasteiger partial charge >= 0.3 is 0 Å². The summed E-state index contributed by atoms with van der Waals surface area (Å²) < 4.78 is 5.55. The lowest BCUT2D eigenvalue weighted by molar-refractivity contribution is 0.0247. The standard InChI is InChI=1S/C20H18N2O/c1-4-8-18-14(5-1)13-17-19(21-18)15-6-2-3-7-16(15)20(17)22-9-11-23-12-10-22/h1-8,13,20H,9-12H2. The van der Waals surface area contributed by atoms with Gasteiger partial charge in [0.1, 0.15) is 0 Å². The highest BCUT2D eigenvalue weighted by atomic mass is 16.5. The maximum atomic E-state index is 5.55. The first-order chi connectivity index (χ1) is 11.4. The number of ether oxygens (including phenoxy) is 1. The summed E-state index contributed by atoms with van der Waals surface area (Å²) in [5.41, 5.74) is 6.23. The minimum Gasteiger partial charge on any atom is -0.379 e. The highest BCUT2D eigenvalue weighted by molar-refractivity contribution is 5.87. The minimum absolute atomic E-state index is 0.308. The summed E-state index contributed by atoms with van der Waals surface area (Å²) >= 11 is 0. The largest absolute Gasteiger partial charge is 0.379 e. The maximum absolute atomic E-state index is 5.55. The fraction of sp³-hybridized carbons (Fsp3) is 0.250. The fourth-order valence-corrected chi connectivity index (χ4v) is 3.90. The zero-order chi connectivity index (χ0) is 15.2. The highest BCUT2D eigenvalue weighted by Crippen LogP contribution is 2.46. The van der Waals surface area contributed by atoms with E-state index in [4.69, 9.17) is 9.72 Å². The Balaban J connectivity index is 1.75. The second-order valence-corrected chi connectivity index (χ2v) is 6.26. The SMILES string of the molecule is c1ccc2c(c1)-c1nc3ccccc3cc1C2N1CCOCC1. The lowest BCUT2D eigenvalue weighted by Gasteiger charge is -2.33. The smallest absolute Gasteiger partial charge is 0.0764 e. The number of para-hydroxylation sites is 1. The van der Waals surface area contributed by atoms with E-state index in [1.54, 1.807) is 0 Å². The number of benzene rings is 2. The third-order valence-corrected chi connectivity index (χ3v) is 4.97. The summed E-state index contributed by atoms with van der Waals surface area (Å²) in [4.78, 5) is 7.52. The second-order valence-electron chi connectivity index (χ2n) is 6.26. The molecule has 0 radical (unpaired) electrons. The molecular weight excluding hydrogens is 284 g/mol. The molecule has 114 valence electrons. The summed E-state index contributed by atoms with van der Waals surface area (Å²) in [5, 5.41) is 1.22. The van der Waals surface area contributed by atoms with E-state index in [0.717, 1.165) is 37.5 Å². The molecule has 1 fully saturated rings. The first kappa shape index (κ1) is 13.2. The first-order valence-electron chi connectivity index (χ1n) is 8.22. The zero-order valence-electron chi connectivity index (χ0n) is 12.9. The van der Waals surface area contributed by atoms with Gasteiger partial charge in [-0.1, -0.05) is 42.5 Å². The van der Waals surface area contributed by atoms with Crippen molar-refractivity contribution in [3.05, 3.63) is 65.7 Å². The molecule has 3 aromatic rings. The van der Waals surface area contributed by atoms with Crippen LogP contribution >= 0.6 is 0 Å². The van der Waals surface area contributed by atoms with Crippen molar-refractivity contribution in [2.24, 2.45) is 0 Å². The molecule has 2 aliphatic rings. The average molecular weight is 302 g/mol. The van der Waals surface area contributed by atoms with E-state index in [9.17, 15) is 0 Å². The number of fused-ring (bicyclic) bond motifs is 4. The molecule has 3 nitrogen and oxygen atoms in total. The van der Waals surface area contributed by atoms with E-state index in [1.165, 1.54) is 22.1 Å². The van der Waals surface area contributed by atoms with E-state index in [2.05, 4.69) is 59.5 Å². The van der Waals surface area contributed by atoms with Gasteiger partial charge in [0.2, 0.25) is 0 Å². The van der Waals surface area contributed by atoms with Crippen molar-refractivity contribution >= 4 is 10.9 Å². The van der Waals surface area contributed by atoms with Crippen LogP contribution in [0, 0.1) is 0 Å². The number of rotatable bonds is 1. The Kier molecular flexibility index (Phi) is 2.96. The van der Waals surface area contributed by atoms with Gasteiger partial charge in [-0.3, -0.25) is 4.90 Å². The van der Waals surface area contributed by atoms with Crippen LogP contribution in [0.25, 0.3) is 22.2 Å². The van der Waals surface area contributed by atoms with Crippen molar-refractivity contribution in [1.82, 2.24) is 9.88 Å². The van der Waals surface area contributed by atoms with E-state index >= 15 is 0 Å². The van der Waals surface area contributed by atoms with Gasteiger partial charge in [0, 0.05) is 29.6 Å². The van der Waals surface area contributed by atoms with Crippen LogP contribution in [-0.2, 0) is 4.74 Å². The minimum atomic E-state index is 0.308. The van der Waals surface area contributed by atoms with Gasteiger partial charge in [0.25, 0.3) is 0 Å². The molecule has 23 heavy (non-hydrogen) atoms. The van der Waals surface area contributed by atoms with E-state index < -0.39 is 0 Å². The summed E-state index contributed by atoms with van der Waals surface area (Å²) in [7, 11) is 0. The number of aromatic nitrogens is 1. The zero-order valence-corrected chi connectivity index (χ0v) is 12.9. The molecule has 1 unspecified atom stereocenters. The lowest BCUT2D eigenvalue weighted by atomic mass is 10.0. The highest BCUT2D eigenvalue weighted by Gasteiger charge is 2.34. The summed E-state index contributed by atoms with van der Waals surface area (Å²) in [5.74, 6) is 0. The molecule has 0 bridgehead atoms. The average Bonchev–Trinajstić information content (AvgIpc) is 2.94. The van der Waals surface area contributed by atoms with E-state index in [-0.39, 0.29) is 0 Å². The van der Waals surface area contributed by atoms with Crippen LogP contribution in [-0.4, -0.2) is 36.2 Å². The number of hydrogen-bond acceptors (Lipinski definition) is 3. The number of morpholine rings is 1. The van der Waals surface area contributed by atoms with Crippen LogP contribution in [0.3, 0.4) is 0 Å². The van der Waals surface area contributed by atoms with Crippen molar-refractivity contribution in [3.8, 4) is 11.3 Å². The van der Waals surface area contributed by atoms with E-state index in [1.807, 2.05) is 0 Å². The first-order valence-corrected chi connectivity index (χ1v) is 8.22. The third-order valence-electron chi connectivity index (χ3n) is 4.97. The molecule has 3 heteroatoms. The molecule has 5 rings (SSSR count). The Labute approximate surface area is 135 Å². The van der Waals surface area contributed by atoms with Gasteiger partial charge in [-0.2, -0.15) is 0 Å². The van der Waals surface area contributed by atoms with Crippen molar-refractivity contribution in [1.29, 1.82) is 0 Å². The van der Waals surface area contributed by atoms with Gasteiger partial charge < -0.3 is 4.74 Å². The summed E-state index contributed by atoms with van der Waals surface area (Å²) in [6.45, 7) is 3.58. The van der Waals surface area contributed by atoms with Crippen LogP contribution in [0.1, 0.15) is 17.2 Å². The van der Waals surface area contributed by atoms with Crippen LogP contribution in [0.15, 0.2) is 54.6 Å². The Morgan fingerprint density at radius 2 is 1.70 bits per heavy atom. The Morgan fingerprint density at radius 3 is 2.61 bits per heavy atom. The molecule has 1 aromatic heterocycles. The predicted molar refractivity (Wildman–Crippen MR) is 91.4 cm³/mol. The molecule has 2 aromatic carbocycles. The van der Waals surface area contributed by atoms with E-state index in [0.29, 0.717) is 6.04 Å². The molecule has 1 aliphatic carbocycles. The van der Waals surface area contributed by atoms with Crippen LogP contribution in [0.5, 0.6) is 0 Å². The Morgan fingerprint density at radius 1 is 0.913 bits per heavy atom. The third kappa shape index (κ3) is 2.01. The monoisotopic (exact) mass is 302 g/mol. The fourth-order valence-electron chi connectivity index (χ4n) is 3.90. The number of hydrogen-bond donors (Lipinski definition) is 0. The molecule has 1 aliphatic heterocycles. The lowest BCUT2D eigenvalue weighted by Crippen LogP contribution is -2.38. The molecule has 2 heterocycles. The van der Waals surface area contributed by atoms with Crippen molar-refractivity contribution in [3.63, 3.8) is 0 Å². The molecule has 1 saturated heterocycles. The van der Waals surface area contributed by atoms with Gasteiger partial charge in [0.05, 0.1) is 30.5 Å². The second kappa shape index (κ2) is 5.15. The number of pyridine rings is 1. The molecule has 0 saturated carbocycles. The van der Waals surface area contributed by atoms with Gasteiger partial charge in [-0.15, -0.1) is 0 Å². The van der Waals surface area contributed by atoms with Gasteiger partial charge in [0.15, 0.2) is 0 Å². The van der Waals surface area contributed by atoms with Crippen molar-refractivity contribution in [2.45, 2.75) is 6.04 Å². The normalized spacial score (nSPS) is 20.4. The van der Waals surface area contributed by atoms with Crippen molar-refractivity contribution < 1.29 is 4.74 Å². The molecular formula is C20H18N2O. The van der Waals surface area contributed by atoms with Gasteiger partial charge in [-0.25, -0.2) is 4.98 Å². The van der Waals surface area contributed by atoms with Crippen molar-refractivity contribution in [2.75, 3.05) is 26.3 Å². The quantitative estimate of drug-likeness (QED) is 0.686. The summed E-state index contributed by atoms with van der Waals surface area (Å²) in [6, 6.07) is 19.7. The number of nitrogens with zero attached hydrogens (tertiary/aromatic N) is 2. The molecule has 0 N–H and O–H groups in total. The molecule has 1 atom stereocenters. The van der Waals surface area contributed by atoms with Gasteiger partial charge in [-0.05, 0) is 17.7 Å². The topological polar surface area (TPSA) is 25.4 Å². The predicted octanol–water partition coefficient (Wildman–Crippen LogP) is 3.64. The Hall–Kier alpha value is -2.23. The maximum Gasteiger partial charge on any atom is 0.0764 e. The Bertz CT molecular complexity index is 884.